The zero-order chi connectivity index (χ0) is 12.7. The van der Waals surface area contributed by atoms with Crippen molar-refractivity contribution < 1.29 is 9.53 Å². The molecular formula is C12H21N3O2. The van der Waals surface area contributed by atoms with E-state index < -0.39 is 0 Å². The largest absolute Gasteiger partial charge is 0.374 e. The van der Waals surface area contributed by atoms with Crippen molar-refractivity contribution in [2.24, 2.45) is 0 Å². The summed E-state index contributed by atoms with van der Waals surface area (Å²) < 4.78 is 5.59. The predicted molar refractivity (Wildman–Crippen MR) is 66.5 cm³/mol. The number of ether oxygens (including phenoxy) is 1. The second-order valence-corrected chi connectivity index (χ2v) is 4.23. The Bertz CT molecular complexity index is 282. The molecule has 1 amide bonds. The minimum absolute atomic E-state index is 0.0470. The minimum atomic E-state index is -0.200. The summed E-state index contributed by atoms with van der Waals surface area (Å²) in [5, 5.41) is 5.94. The Morgan fingerprint density at radius 1 is 1.76 bits per heavy atom. The molecule has 0 spiro atoms. The molecule has 0 aliphatic carbocycles. The Morgan fingerprint density at radius 3 is 3.12 bits per heavy atom. The quantitative estimate of drug-likeness (QED) is 0.607. The van der Waals surface area contributed by atoms with Crippen molar-refractivity contribution in [2.75, 3.05) is 39.8 Å². The van der Waals surface area contributed by atoms with Crippen LogP contribution in [0.3, 0.4) is 0 Å². The van der Waals surface area contributed by atoms with Gasteiger partial charge in [-0.15, -0.1) is 6.42 Å². The maximum atomic E-state index is 11.7. The summed E-state index contributed by atoms with van der Waals surface area (Å²) >= 11 is 0. The first-order valence-electron chi connectivity index (χ1n) is 5.89. The van der Waals surface area contributed by atoms with E-state index in [-0.39, 0.29) is 24.6 Å². The van der Waals surface area contributed by atoms with E-state index in [9.17, 15) is 4.79 Å². The SMILES string of the molecule is C#CCNC(=O)C(C)N(C)CC1CNCCO1. The van der Waals surface area contributed by atoms with Crippen LogP contribution in [0.25, 0.3) is 0 Å². The monoisotopic (exact) mass is 239 g/mol. The molecule has 0 radical (unpaired) electrons. The fourth-order valence-corrected chi connectivity index (χ4v) is 1.70. The normalized spacial score (nSPS) is 21.9. The molecule has 1 rings (SSSR count). The molecule has 0 aromatic heterocycles. The fourth-order valence-electron chi connectivity index (χ4n) is 1.70. The maximum Gasteiger partial charge on any atom is 0.237 e. The highest BCUT2D eigenvalue weighted by atomic mass is 16.5. The third-order valence-corrected chi connectivity index (χ3v) is 2.90. The lowest BCUT2D eigenvalue weighted by Gasteiger charge is -2.30. The van der Waals surface area contributed by atoms with Gasteiger partial charge in [0.05, 0.1) is 25.3 Å². The maximum absolute atomic E-state index is 11.7. The number of amides is 1. The number of carbonyl (C=O) groups excluding carboxylic acids is 1. The molecule has 1 fully saturated rings. The molecule has 5 heteroatoms. The van der Waals surface area contributed by atoms with Crippen molar-refractivity contribution in [3.63, 3.8) is 0 Å². The van der Waals surface area contributed by atoms with Crippen LogP contribution in [0.15, 0.2) is 0 Å². The van der Waals surface area contributed by atoms with E-state index in [1.54, 1.807) is 0 Å². The Morgan fingerprint density at radius 2 is 2.53 bits per heavy atom. The highest BCUT2D eigenvalue weighted by molar-refractivity contribution is 5.81. The van der Waals surface area contributed by atoms with Gasteiger partial charge in [0.25, 0.3) is 0 Å². The smallest absolute Gasteiger partial charge is 0.237 e. The molecule has 96 valence electrons. The van der Waals surface area contributed by atoms with Gasteiger partial charge in [0.1, 0.15) is 0 Å². The lowest BCUT2D eigenvalue weighted by atomic mass is 10.2. The minimum Gasteiger partial charge on any atom is -0.374 e. The van der Waals surface area contributed by atoms with Gasteiger partial charge in [-0.3, -0.25) is 9.69 Å². The molecule has 1 aliphatic rings. The van der Waals surface area contributed by atoms with Gasteiger partial charge in [-0.25, -0.2) is 0 Å². The Hall–Kier alpha value is -1.09. The first-order chi connectivity index (χ1) is 8.15. The van der Waals surface area contributed by atoms with Crippen LogP contribution in [0.2, 0.25) is 0 Å². The number of nitrogens with one attached hydrogen (secondary N) is 2. The van der Waals surface area contributed by atoms with Crippen molar-refractivity contribution in [3.05, 3.63) is 0 Å². The second kappa shape index (κ2) is 7.28. The van der Waals surface area contributed by atoms with Gasteiger partial charge in [0, 0.05) is 19.6 Å². The van der Waals surface area contributed by atoms with E-state index in [1.165, 1.54) is 0 Å². The van der Waals surface area contributed by atoms with E-state index in [0.29, 0.717) is 0 Å². The van der Waals surface area contributed by atoms with E-state index in [4.69, 9.17) is 11.2 Å². The van der Waals surface area contributed by atoms with Crippen LogP contribution in [-0.2, 0) is 9.53 Å². The number of terminal acetylenes is 1. The number of likely N-dealkylation sites (N-methyl/N-ethyl adjacent to an activating group) is 1. The van der Waals surface area contributed by atoms with Crippen molar-refractivity contribution in [1.82, 2.24) is 15.5 Å². The molecule has 1 heterocycles. The van der Waals surface area contributed by atoms with E-state index in [1.807, 2.05) is 18.9 Å². The second-order valence-electron chi connectivity index (χ2n) is 4.23. The van der Waals surface area contributed by atoms with Gasteiger partial charge in [-0.2, -0.15) is 0 Å². The summed E-state index contributed by atoms with van der Waals surface area (Å²) in [4.78, 5) is 13.7. The standard InChI is InChI=1S/C12H21N3O2/c1-4-5-14-12(16)10(2)15(3)9-11-8-13-6-7-17-11/h1,10-11,13H,5-9H2,2-3H3,(H,14,16). The van der Waals surface area contributed by atoms with Crippen LogP contribution in [0.4, 0.5) is 0 Å². The Balaban J connectivity index is 2.32. The average Bonchev–Trinajstić information content (AvgIpc) is 2.36. The van der Waals surface area contributed by atoms with Gasteiger partial charge in [-0.05, 0) is 14.0 Å². The highest BCUT2D eigenvalue weighted by Gasteiger charge is 2.22. The topological polar surface area (TPSA) is 53.6 Å². The predicted octanol–water partition coefficient (Wildman–Crippen LogP) is -0.955. The summed E-state index contributed by atoms with van der Waals surface area (Å²) in [5.74, 6) is 2.34. The van der Waals surface area contributed by atoms with Gasteiger partial charge >= 0.3 is 0 Å². The van der Waals surface area contributed by atoms with Crippen LogP contribution in [0.5, 0.6) is 0 Å². The number of hydrogen-bond donors (Lipinski definition) is 2. The number of carbonyl (C=O) groups is 1. The molecule has 17 heavy (non-hydrogen) atoms. The molecule has 5 nitrogen and oxygen atoms in total. The molecular weight excluding hydrogens is 218 g/mol. The summed E-state index contributed by atoms with van der Waals surface area (Å²) in [7, 11) is 1.91. The number of nitrogens with zero attached hydrogens (tertiary/aromatic N) is 1. The highest BCUT2D eigenvalue weighted by Crippen LogP contribution is 2.02. The lowest BCUT2D eigenvalue weighted by Crippen LogP contribution is -2.50. The molecule has 0 saturated carbocycles. The third-order valence-electron chi connectivity index (χ3n) is 2.90. The number of rotatable bonds is 5. The molecule has 0 aromatic rings. The van der Waals surface area contributed by atoms with Crippen LogP contribution >= 0.6 is 0 Å². The first kappa shape index (κ1) is 14.0. The van der Waals surface area contributed by atoms with E-state index in [2.05, 4.69) is 16.6 Å². The molecule has 0 bridgehead atoms. The number of morpholine rings is 1. The molecule has 1 saturated heterocycles. The van der Waals surface area contributed by atoms with E-state index >= 15 is 0 Å². The summed E-state index contributed by atoms with van der Waals surface area (Å²) in [6, 6.07) is -0.200. The van der Waals surface area contributed by atoms with Gasteiger partial charge in [0.2, 0.25) is 5.91 Å². The van der Waals surface area contributed by atoms with Crippen molar-refractivity contribution in [3.8, 4) is 12.3 Å². The van der Waals surface area contributed by atoms with Crippen LogP contribution in [0, 0.1) is 12.3 Å². The first-order valence-corrected chi connectivity index (χ1v) is 5.89. The number of hydrogen-bond acceptors (Lipinski definition) is 4. The molecule has 1 aliphatic heterocycles. The molecule has 2 N–H and O–H groups in total. The molecule has 2 unspecified atom stereocenters. The van der Waals surface area contributed by atoms with Crippen LogP contribution < -0.4 is 10.6 Å². The van der Waals surface area contributed by atoms with Crippen molar-refractivity contribution in [2.45, 2.75) is 19.1 Å². The van der Waals surface area contributed by atoms with Gasteiger partial charge < -0.3 is 15.4 Å². The van der Waals surface area contributed by atoms with Crippen molar-refractivity contribution >= 4 is 5.91 Å². The average molecular weight is 239 g/mol. The lowest BCUT2D eigenvalue weighted by molar-refractivity contribution is -0.125. The summed E-state index contributed by atoms with van der Waals surface area (Å²) in [5.41, 5.74) is 0. The van der Waals surface area contributed by atoms with Crippen molar-refractivity contribution in [1.29, 1.82) is 0 Å². The Labute approximate surface area is 103 Å². The third kappa shape index (κ3) is 4.73. The molecule has 0 aromatic carbocycles. The van der Waals surface area contributed by atoms with Crippen LogP contribution in [0.1, 0.15) is 6.92 Å². The van der Waals surface area contributed by atoms with E-state index in [0.717, 1.165) is 26.2 Å². The summed E-state index contributed by atoms with van der Waals surface area (Å²) in [6.07, 6.45) is 5.25. The zero-order valence-electron chi connectivity index (χ0n) is 10.5. The van der Waals surface area contributed by atoms with Gasteiger partial charge in [0.15, 0.2) is 0 Å². The fraction of sp³-hybridized carbons (Fsp3) is 0.750. The molecule has 2 atom stereocenters. The van der Waals surface area contributed by atoms with Gasteiger partial charge in [-0.1, -0.05) is 5.92 Å². The van der Waals surface area contributed by atoms with Crippen LogP contribution in [-0.4, -0.2) is 62.8 Å². The Kier molecular flexibility index (Phi) is 5.98. The summed E-state index contributed by atoms with van der Waals surface area (Å²) in [6.45, 7) is 5.34. The zero-order valence-corrected chi connectivity index (χ0v) is 10.5.